The van der Waals surface area contributed by atoms with E-state index in [9.17, 15) is 22.4 Å². The maximum Gasteiger partial charge on any atom is 0.264 e. The van der Waals surface area contributed by atoms with Crippen LogP contribution in [-0.4, -0.2) is 45.5 Å². The predicted molar refractivity (Wildman–Crippen MR) is 113 cm³/mol. The van der Waals surface area contributed by atoms with Gasteiger partial charge in [0.05, 0.1) is 18.1 Å². The summed E-state index contributed by atoms with van der Waals surface area (Å²) in [7, 11) is -2.44. The summed E-state index contributed by atoms with van der Waals surface area (Å²) in [4.78, 5) is 26.5. The number of aryl methyl sites for hydroxylation is 1. The van der Waals surface area contributed by atoms with Crippen LogP contribution in [0.1, 0.15) is 26.9 Å². The topological polar surface area (TPSA) is 92.8 Å². The summed E-state index contributed by atoms with van der Waals surface area (Å²) in [6.07, 6.45) is 0. The van der Waals surface area contributed by atoms with Gasteiger partial charge >= 0.3 is 0 Å². The fourth-order valence-corrected chi connectivity index (χ4v) is 5.13. The Morgan fingerprint density at radius 1 is 1.27 bits per heavy atom. The zero-order valence-corrected chi connectivity index (χ0v) is 18.1. The van der Waals surface area contributed by atoms with Crippen LogP contribution in [-0.2, 0) is 19.6 Å². The predicted octanol–water partition coefficient (Wildman–Crippen LogP) is 2.62. The van der Waals surface area contributed by atoms with Gasteiger partial charge in [0, 0.05) is 18.4 Å². The number of ether oxygens (including phenoxy) is 1. The Labute approximate surface area is 178 Å². The van der Waals surface area contributed by atoms with Crippen LogP contribution in [0.4, 0.5) is 10.1 Å². The first kappa shape index (κ1) is 22.3. The second kappa shape index (κ2) is 9.15. The molecule has 1 unspecified atom stereocenters. The lowest BCUT2D eigenvalue weighted by Crippen LogP contribution is -2.34. The van der Waals surface area contributed by atoms with Crippen LogP contribution in [0, 0.1) is 12.7 Å². The van der Waals surface area contributed by atoms with Crippen LogP contribution in [0.3, 0.4) is 0 Å². The van der Waals surface area contributed by atoms with Crippen LogP contribution in [0.5, 0.6) is 0 Å². The molecule has 1 fully saturated rings. The Balaban J connectivity index is 1.84. The smallest absolute Gasteiger partial charge is 0.264 e. The van der Waals surface area contributed by atoms with E-state index in [1.807, 2.05) is 4.72 Å². The number of carbonyl (C=O) groups excluding carboxylic acids is 2. The number of hydrogen-bond acceptors (Lipinski definition) is 6. The van der Waals surface area contributed by atoms with Crippen LogP contribution in [0.2, 0.25) is 0 Å². The molecule has 2 aromatic carbocycles. The number of benzene rings is 2. The minimum Gasteiger partial charge on any atom is -0.384 e. The van der Waals surface area contributed by atoms with E-state index in [-0.39, 0.29) is 40.8 Å². The summed E-state index contributed by atoms with van der Waals surface area (Å²) in [6.45, 7) is 1.71. The zero-order valence-electron chi connectivity index (χ0n) is 16.4. The second-order valence-corrected chi connectivity index (χ2v) is 9.63. The fourth-order valence-electron chi connectivity index (χ4n) is 3.07. The molecule has 1 saturated heterocycles. The van der Waals surface area contributed by atoms with Crippen molar-refractivity contribution < 1.29 is 27.1 Å². The molecule has 1 N–H and O–H groups in total. The number of hydrogen-bond donors (Lipinski definition) is 1. The number of amides is 2. The fraction of sp³-hybridized carbons (Fsp3) is 0.300. The van der Waals surface area contributed by atoms with E-state index in [1.54, 1.807) is 30.0 Å². The third kappa shape index (κ3) is 5.00. The van der Waals surface area contributed by atoms with Gasteiger partial charge < -0.3 is 4.74 Å². The van der Waals surface area contributed by atoms with E-state index in [4.69, 9.17) is 4.74 Å². The van der Waals surface area contributed by atoms with Crippen molar-refractivity contribution in [2.24, 2.45) is 0 Å². The normalized spacial score (nSPS) is 16.7. The van der Waals surface area contributed by atoms with Gasteiger partial charge in [-0.25, -0.2) is 17.5 Å². The highest BCUT2D eigenvalue weighted by atomic mass is 32.2. The molecular weight excluding hydrogens is 431 g/mol. The van der Waals surface area contributed by atoms with Gasteiger partial charge in [0.2, 0.25) is 15.9 Å². The Hall–Kier alpha value is -2.43. The van der Waals surface area contributed by atoms with Crippen LogP contribution < -0.4 is 9.62 Å². The van der Waals surface area contributed by atoms with Crippen molar-refractivity contribution in [2.75, 3.05) is 30.1 Å². The SMILES string of the molecule is COCCS(=O)(=O)NC(=O)c1ccc(N2C(=O)CSC2c2ccc(F)cc2)c(C)c1. The minimum atomic E-state index is -3.81. The number of methoxy groups -OCH3 is 1. The molecule has 1 aliphatic heterocycles. The van der Waals surface area contributed by atoms with Crippen molar-refractivity contribution in [1.82, 2.24) is 4.72 Å². The lowest BCUT2D eigenvalue weighted by atomic mass is 10.1. The summed E-state index contributed by atoms with van der Waals surface area (Å²) in [5, 5.41) is -0.314. The van der Waals surface area contributed by atoms with Gasteiger partial charge in [0.25, 0.3) is 5.91 Å². The number of nitrogens with zero attached hydrogens (tertiary/aromatic N) is 1. The number of nitrogens with one attached hydrogen (secondary N) is 1. The Morgan fingerprint density at radius 2 is 1.97 bits per heavy atom. The van der Waals surface area contributed by atoms with E-state index >= 15 is 0 Å². The van der Waals surface area contributed by atoms with Crippen molar-refractivity contribution in [3.8, 4) is 0 Å². The molecule has 0 aromatic heterocycles. The van der Waals surface area contributed by atoms with E-state index < -0.39 is 15.9 Å². The Morgan fingerprint density at radius 3 is 2.60 bits per heavy atom. The minimum absolute atomic E-state index is 0.0277. The van der Waals surface area contributed by atoms with Crippen LogP contribution in [0.25, 0.3) is 0 Å². The molecule has 30 heavy (non-hydrogen) atoms. The number of sulfonamides is 1. The summed E-state index contributed by atoms with van der Waals surface area (Å²) in [5.74, 6) is -1.26. The molecular formula is C20H21FN2O5S2. The summed E-state index contributed by atoms with van der Waals surface area (Å²) >= 11 is 1.43. The maximum atomic E-state index is 13.3. The van der Waals surface area contributed by atoms with Gasteiger partial charge in [-0.2, -0.15) is 0 Å². The molecule has 160 valence electrons. The van der Waals surface area contributed by atoms with E-state index in [0.29, 0.717) is 11.3 Å². The summed E-state index contributed by atoms with van der Waals surface area (Å²) in [5.41, 5.74) is 2.20. The highest BCUT2D eigenvalue weighted by Crippen LogP contribution is 2.42. The summed E-state index contributed by atoms with van der Waals surface area (Å²) in [6, 6.07) is 10.6. The number of halogens is 1. The molecule has 0 radical (unpaired) electrons. The second-order valence-electron chi connectivity index (χ2n) is 6.72. The first-order chi connectivity index (χ1) is 14.2. The third-order valence-electron chi connectivity index (χ3n) is 4.55. The molecule has 2 aromatic rings. The molecule has 10 heteroatoms. The van der Waals surface area contributed by atoms with Crippen molar-refractivity contribution in [3.63, 3.8) is 0 Å². The van der Waals surface area contributed by atoms with Crippen molar-refractivity contribution in [2.45, 2.75) is 12.3 Å². The Bertz CT molecular complexity index is 1060. The molecule has 0 bridgehead atoms. The standard InChI is InChI=1S/C20H21FN2O5S2/c1-13-11-15(19(25)22-30(26,27)10-9-28-2)5-8-17(13)23-18(24)12-29-20(23)14-3-6-16(21)7-4-14/h3-8,11,20H,9-10,12H2,1-2H3,(H,22,25). The van der Waals surface area contributed by atoms with Crippen LogP contribution in [0.15, 0.2) is 42.5 Å². The molecule has 1 atom stereocenters. The molecule has 0 spiro atoms. The van der Waals surface area contributed by atoms with Gasteiger partial charge in [-0.05, 0) is 48.4 Å². The van der Waals surface area contributed by atoms with E-state index in [0.717, 1.165) is 5.56 Å². The number of anilines is 1. The quantitative estimate of drug-likeness (QED) is 0.694. The average Bonchev–Trinajstić information content (AvgIpc) is 3.08. The van der Waals surface area contributed by atoms with Crippen molar-refractivity contribution in [3.05, 3.63) is 65.0 Å². The number of carbonyl (C=O) groups is 2. The molecule has 1 aliphatic rings. The highest BCUT2D eigenvalue weighted by Gasteiger charge is 2.35. The lowest BCUT2D eigenvalue weighted by Gasteiger charge is -2.26. The first-order valence-electron chi connectivity index (χ1n) is 9.05. The molecule has 0 aliphatic carbocycles. The van der Waals surface area contributed by atoms with Crippen molar-refractivity contribution in [1.29, 1.82) is 0 Å². The van der Waals surface area contributed by atoms with Gasteiger partial charge in [-0.1, -0.05) is 12.1 Å². The zero-order chi connectivity index (χ0) is 21.9. The highest BCUT2D eigenvalue weighted by molar-refractivity contribution is 8.00. The third-order valence-corrected chi connectivity index (χ3v) is 6.96. The number of rotatable bonds is 7. The summed E-state index contributed by atoms with van der Waals surface area (Å²) < 4.78 is 43.8. The largest absolute Gasteiger partial charge is 0.384 e. The van der Waals surface area contributed by atoms with Gasteiger partial charge in [-0.3, -0.25) is 14.5 Å². The molecule has 0 saturated carbocycles. The van der Waals surface area contributed by atoms with Gasteiger partial charge in [0.15, 0.2) is 0 Å². The van der Waals surface area contributed by atoms with Crippen LogP contribution >= 0.6 is 11.8 Å². The van der Waals surface area contributed by atoms with Crippen molar-refractivity contribution >= 4 is 39.3 Å². The Kier molecular flexibility index (Phi) is 6.79. The monoisotopic (exact) mass is 452 g/mol. The van der Waals surface area contributed by atoms with E-state index in [2.05, 4.69) is 0 Å². The molecule has 3 rings (SSSR count). The first-order valence-corrected chi connectivity index (χ1v) is 11.8. The van der Waals surface area contributed by atoms with Gasteiger partial charge in [-0.15, -0.1) is 11.8 Å². The van der Waals surface area contributed by atoms with Gasteiger partial charge in [0.1, 0.15) is 11.2 Å². The van der Waals surface area contributed by atoms with E-state index in [1.165, 1.54) is 43.1 Å². The lowest BCUT2D eigenvalue weighted by molar-refractivity contribution is -0.115. The molecule has 2 amide bonds. The molecule has 1 heterocycles. The number of thioether (sulfide) groups is 1. The average molecular weight is 453 g/mol. The maximum absolute atomic E-state index is 13.3. The molecule has 7 nitrogen and oxygen atoms in total.